The summed E-state index contributed by atoms with van der Waals surface area (Å²) in [7, 11) is 0. The first-order valence-electron chi connectivity index (χ1n) is 7.77. The number of aryl methyl sites for hydroxylation is 1. The van der Waals surface area contributed by atoms with Crippen LogP contribution >= 0.6 is 11.3 Å². The Labute approximate surface area is 149 Å². The summed E-state index contributed by atoms with van der Waals surface area (Å²) in [6.07, 6.45) is 1.29. The van der Waals surface area contributed by atoms with Crippen LogP contribution in [0.1, 0.15) is 34.8 Å². The summed E-state index contributed by atoms with van der Waals surface area (Å²) in [6.45, 7) is 5.64. The van der Waals surface area contributed by atoms with Crippen molar-refractivity contribution in [1.29, 1.82) is 0 Å². The van der Waals surface area contributed by atoms with Gasteiger partial charge in [-0.2, -0.15) is 0 Å². The minimum absolute atomic E-state index is 0.0280. The Morgan fingerprint density at radius 1 is 1.24 bits per heavy atom. The molecule has 2 N–H and O–H groups in total. The topological polar surface area (TPSA) is 87.7 Å². The maximum atomic E-state index is 12.5. The third-order valence-electron chi connectivity index (χ3n) is 3.83. The predicted octanol–water partition coefficient (Wildman–Crippen LogP) is 2.87. The third kappa shape index (κ3) is 3.66. The largest absolute Gasteiger partial charge is 0.343 e. The molecule has 0 aliphatic carbocycles. The maximum absolute atomic E-state index is 12.5. The molecule has 128 valence electrons. The zero-order chi connectivity index (χ0) is 18.0. The number of aromatic amines is 1. The van der Waals surface area contributed by atoms with E-state index in [4.69, 9.17) is 0 Å². The van der Waals surface area contributed by atoms with Gasteiger partial charge in [0.25, 0.3) is 11.5 Å². The molecule has 0 fully saturated rings. The van der Waals surface area contributed by atoms with Gasteiger partial charge in [-0.15, -0.1) is 11.3 Å². The summed E-state index contributed by atoms with van der Waals surface area (Å²) < 4.78 is 0. The number of hydrogen-bond donors (Lipinski definition) is 2. The van der Waals surface area contributed by atoms with E-state index in [0.717, 1.165) is 10.6 Å². The molecule has 0 saturated carbocycles. The Kier molecular flexibility index (Phi) is 4.50. The first-order chi connectivity index (χ1) is 11.9. The van der Waals surface area contributed by atoms with Crippen LogP contribution in [0.25, 0.3) is 11.5 Å². The van der Waals surface area contributed by atoms with Crippen LogP contribution < -0.4 is 10.9 Å². The molecule has 0 aliphatic heterocycles. The lowest BCUT2D eigenvalue weighted by Crippen LogP contribution is -2.42. The van der Waals surface area contributed by atoms with Gasteiger partial charge in [-0.25, -0.2) is 9.97 Å². The quantitative estimate of drug-likeness (QED) is 0.754. The lowest BCUT2D eigenvalue weighted by Gasteiger charge is -2.26. The van der Waals surface area contributed by atoms with Crippen molar-refractivity contribution >= 4 is 17.2 Å². The smallest absolute Gasteiger partial charge is 0.264 e. The number of nitrogens with zero attached hydrogens (tertiary/aromatic N) is 2. The molecule has 0 bridgehead atoms. The van der Waals surface area contributed by atoms with Crippen LogP contribution in [0.4, 0.5) is 0 Å². The highest BCUT2D eigenvalue weighted by molar-refractivity contribution is 7.09. The van der Waals surface area contributed by atoms with Gasteiger partial charge in [0.05, 0.1) is 10.5 Å². The fraction of sp³-hybridized carbons (Fsp3) is 0.222. The molecule has 6 nitrogen and oxygen atoms in total. The van der Waals surface area contributed by atoms with Crippen molar-refractivity contribution in [3.8, 4) is 11.5 Å². The number of carbonyl (C=O) groups excluding carboxylic acids is 1. The Morgan fingerprint density at radius 3 is 2.56 bits per heavy atom. The molecule has 2 aromatic heterocycles. The molecule has 25 heavy (non-hydrogen) atoms. The molecule has 3 rings (SSSR count). The number of H-pyrrole nitrogens is 1. The minimum atomic E-state index is -0.616. The summed E-state index contributed by atoms with van der Waals surface area (Å²) in [4.78, 5) is 35.9. The molecule has 0 radical (unpaired) electrons. The summed E-state index contributed by atoms with van der Waals surface area (Å²) >= 11 is 1.47. The molecule has 3 aromatic rings. The average Bonchev–Trinajstić information content (AvgIpc) is 3.01. The van der Waals surface area contributed by atoms with Crippen molar-refractivity contribution in [3.63, 3.8) is 0 Å². The van der Waals surface area contributed by atoms with Gasteiger partial charge in [-0.3, -0.25) is 9.59 Å². The molecule has 2 heterocycles. The van der Waals surface area contributed by atoms with Crippen LogP contribution in [0.15, 0.2) is 46.7 Å². The van der Waals surface area contributed by atoms with E-state index in [1.54, 1.807) is 0 Å². The van der Waals surface area contributed by atoms with Crippen molar-refractivity contribution in [2.45, 2.75) is 26.3 Å². The van der Waals surface area contributed by atoms with Crippen LogP contribution in [0.2, 0.25) is 0 Å². The van der Waals surface area contributed by atoms with Gasteiger partial charge in [-0.05, 0) is 26.3 Å². The number of benzene rings is 1. The fourth-order valence-corrected chi connectivity index (χ4v) is 3.03. The standard InChI is InChI=1S/C18H18N4O2S/c1-11-20-14(10-25-11)15-19-9-13(16(23)21-15)17(24)22-18(2,3)12-7-5-4-6-8-12/h4-10H,1-3H3,(H,22,24)(H,19,21,23). The van der Waals surface area contributed by atoms with Crippen LogP contribution in [0.5, 0.6) is 0 Å². The van der Waals surface area contributed by atoms with Crippen molar-refractivity contribution in [2.75, 3.05) is 0 Å². The molecular formula is C18H18N4O2S. The molecule has 0 atom stereocenters. The second-order valence-electron chi connectivity index (χ2n) is 6.17. The second-order valence-corrected chi connectivity index (χ2v) is 7.23. The number of thiazole rings is 1. The monoisotopic (exact) mass is 354 g/mol. The Morgan fingerprint density at radius 2 is 1.96 bits per heavy atom. The van der Waals surface area contributed by atoms with E-state index in [0.29, 0.717) is 11.5 Å². The molecule has 0 unspecified atom stereocenters. The summed E-state index contributed by atoms with van der Waals surface area (Å²) in [5.41, 5.74) is 0.408. The van der Waals surface area contributed by atoms with Gasteiger partial charge >= 0.3 is 0 Å². The van der Waals surface area contributed by atoms with Gasteiger partial charge in [0, 0.05) is 11.6 Å². The van der Waals surface area contributed by atoms with Gasteiger partial charge in [0.2, 0.25) is 0 Å². The molecule has 0 aliphatic rings. The van der Waals surface area contributed by atoms with E-state index in [1.807, 2.05) is 56.5 Å². The molecule has 1 aromatic carbocycles. The first-order valence-corrected chi connectivity index (χ1v) is 8.64. The van der Waals surface area contributed by atoms with E-state index in [2.05, 4.69) is 20.3 Å². The fourth-order valence-electron chi connectivity index (χ4n) is 2.44. The Balaban J connectivity index is 1.84. The summed E-state index contributed by atoms with van der Waals surface area (Å²) in [5.74, 6) is -0.114. The lowest BCUT2D eigenvalue weighted by atomic mass is 9.94. The lowest BCUT2D eigenvalue weighted by molar-refractivity contribution is 0.0910. The number of rotatable bonds is 4. The number of nitrogens with one attached hydrogen (secondary N) is 2. The van der Waals surface area contributed by atoms with Crippen LogP contribution in [-0.2, 0) is 5.54 Å². The van der Waals surface area contributed by atoms with E-state index >= 15 is 0 Å². The van der Waals surface area contributed by atoms with E-state index in [9.17, 15) is 9.59 Å². The highest BCUT2D eigenvalue weighted by atomic mass is 32.1. The third-order valence-corrected chi connectivity index (χ3v) is 4.60. The molecular weight excluding hydrogens is 336 g/mol. The number of carbonyl (C=O) groups is 1. The van der Waals surface area contributed by atoms with E-state index < -0.39 is 17.0 Å². The van der Waals surface area contributed by atoms with Crippen molar-refractivity contribution in [1.82, 2.24) is 20.3 Å². The summed E-state index contributed by atoms with van der Waals surface area (Å²) in [6, 6.07) is 9.58. The number of amides is 1. The maximum Gasteiger partial charge on any atom is 0.264 e. The van der Waals surface area contributed by atoms with Crippen molar-refractivity contribution < 1.29 is 4.79 Å². The van der Waals surface area contributed by atoms with Gasteiger partial charge in [0.15, 0.2) is 5.82 Å². The normalized spacial score (nSPS) is 11.3. The number of hydrogen-bond acceptors (Lipinski definition) is 5. The molecule has 7 heteroatoms. The minimum Gasteiger partial charge on any atom is -0.343 e. The van der Waals surface area contributed by atoms with Gasteiger partial charge in [0.1, 0.15) is 11.3 Å². The molecule has 0 saturated heterocycles. The van der Waals surface area contributed by atoms with Crippen molar-refractivity contribution in [2.24, 2.45) is 0 Å². The zero-order valence-corrected chi connectivity index (χ0v) is 15.0. The highest BCUT2D eigenvalue weighted by Gasteiger charge is 2.25. The SMILES string of the molecule is Cc1nc(-c2ncc(C(=O)NC(C)(C)c3ccccc3)c(=O)[nH]2)cs1. The average molecular weight is 354 g/mol. The van der Waals surface area contributed by atoms with E-state index in [-0.39, 0.29) is 5.56 Å². The van der Waals surface area contributed by atoms with Crippen LogP contribution in [-0.4, -0.2) is 20.9 Å². The highest BCUT2D eigenvalue weighted by Crippen LogP contribution is 2.20. The first kappa shape index (κ1) is 17.0. The van der Waals surface area contributed by atoms with E-state index in [1.165, 1.54) is 17.5 Å². The van der Waals surface area contributed by atoms with Gasteiger partial charge in [-0.1, -0.05) is 30.3 Å². The van der Waals surface area contributed by atoms with Crippen LogP contribution in [0, 0.1) is 6.92 Å². The number of aromatic nitrogens is 3. The second kappa shape index (κ2) is 6.60. The Bertz CT molecular complexity index is 960. The van der Waals surface area contributed by atoms with Gasteiger partial charge < -0.3 is 10.3 Å². The Hall–Kier alpha value is -2.80. The predicted molar refractivity (Wildman–Crippen MR) is 97.6 cm³/mol. The summed E-state index contributed by atoms with van der Waals surface area (Å²) in [5, 5.41) is 5.57. The zero-order valence-electron chi connectivity index (χ0n) is 14.2. The molecule has 1 amide bonds. The van der Waals surface area contributed by atoms with Crippen LogP contribution in [0.3, 0.4) is 0 Å². The van der Waals surface area contributed by atoms with Crippen molar-refractivity contribution in [3.05, 3.63) is 68.4 Å². The molecule has 0 spiro atoms.